The van der Waals surface area contributed by atoms with Crippen molar-refractivity contribution in [1.29, 1.82) is 0 Å². The van der Waals surface area contributed by atoms with E-state index in [1.807, 2.05) is 0 Å². The topological polar surface area (TPSA) is 186 Å². The zero-order valence-corrected chi connectivity index (χ0v) is 16.7. The molecule has 11 nitrogen and oxygen atoms in total. The molecule has 1 fully saturated rings. The number of hydrogen-bond acceptors (Lipinski definition) is 11. The molecule has 1 saturated heterocycles. The minimum Gasteiger partial charge on any atom is -0.507 e. The molecular weight excluding hydrogens is 428 g/mol. The zero-order valence-electron chi connectivity index (χ0n) is 16.7. The van der Waals surface area contributed by atoms with Crippen LogP contribution in [0.3, 0.4) is 0 Å². The second kappa shape index (κ2) is 8.02. The van der Waals surface area contributed by atoms with Crippen molar-refractivity contribution in [2.45, 2.75) is 50.2 Å². The van der Waals surface area contributed by atoms with Gasteiger partial charge in [-0.25, -0.2) is 0 Å². The average Bonchev–Trinajstić information content (AvgIpc) is 2.73. The van der Waals surface area contributed by atoms with Gasteiger partial charge in [-0.3, -0.25) is 4.79 Å². The number of ether oxygens (including phenoxy) is 3. The van der Waals surface area contributed by atoms with E-state index in [1.165, 1.54) is 13.0 Å². The number of hydrogen-bond donors (Lipinski definition) is 7. The highest BCUT2D eigenvalue weighted by Gasteiger charge is 2.43. The second-order valence-electron chi connectivity index (χ2n) is 7.76. The number of aromatic hydroxyl groups is 4. The standard InChI is InChI=1S/C21H22O11/c1-7-17(26)19(28)20(29)21(30-7)31-9-4-10(22)16-11(23)6-14(32-15(16)5-9)8-2-12(24)18(27)13(25)3-8/h2-5,7,14,17,19-22,24-29H,6H2,1H3/t7-,14-,17-,19+,20-,21+/m0/s1. The highest BCUT2D eigenvalue weighted by atomic mass is 16.7. The van der Waals surface area contributed by atoms with Crippen LogP contribution in [-0.2, 0) is 4.74 Å². The van der Waals surface area contributed by atoms with Gasteiger partial charge in [-0.1, -0.05) is 0 Å². The molecule has 0 aromatic heterocycles. The highest BCUT2D eigenvalue weighted by Crippen LogP contribution is 2.45. The van der Waals surface area contributed by atoms with Crippen molar-refractivity contribution in [3.63, 3.8) is 0 Å². The van der Waals surface area contributed by atoms with Crippen LogP contribution in [0.15, 0.2) is 24.3 Å². The Balaban J connectivity index is 1.62. The van der Waals surface area contributed by atoms with E-state index in [2.05, 4.69) is 0 Å². The van der Waals surface area contributed by atoms with Gasteiger partial charge in [0.05, 0.1) is 12.5 Å². The van der Waals surface area contributed by atoms with Gasteiger partial charge in [0.1, 0.15) is 47.2 Å². The summed E-state index contributed by atoms with van der Waals surface area (Å²) in [6.07, 6.45) is -7.80. The van der Waals surface area contributed by atoms with Gasteiger partial charge in [0.15, 0.2) is 23.0 Å². The lowest BCUT2D eigenvalue weighted by molar-refractivity contribution is -0.268. The largest absolute Gasteiger partial charge is 0.507 e. The molecule has 2 aliphatic heterocycles. The third kappa shape index (κ3) is 3.75. The van der Waals surface area contributed by atoms with Gasteiger partial charge in [-0.05, 0) is 19.1 Å². The number of phenolic OH excluding ortho intramolecular Hbond substituents is 4. The van der Waals surface area contributed by atoms with Crippen LogP contribution in [0.1, 0.15) is 35.4 Å². The van der Waals surface area contributed by atoms with Crippen LogP contribution >= 0.6 is 0 Å². The molecule has 2 aromatic carbocycles. The van der Waals surface area contributed by atoms with E-state index in [4.69, 9.17) is 14.2 Å². The number of carbonyl (C=O) groups excluding carboxylic acids is 1. The normalized spacial score (nSPS) is 29.8. The quantitative estimate of drug-likeness (QED) is 0.321. The lowest BCUT2D eigenvalue weighted by Crippen LogP contribution is -2.58. The molecule has 0 unspecified atom stereocenters. The Labute approximate surface area is 181 Å². The molecule has 2 aromatic rings. The van der Waals surface area contributed by atoms with E-state index in [1.54, 1.807) is 0 Å². The van der Waals surface area contributed by atoms with Gasteiger partial charge in [0.2, 0.25) is 6.29 Å². The lowest BCUT2D eigenvalue weighted by atomic mass is 9.95. The molecule has 6 atom stereocenters. The van der Waals surface area contributed by atoms with Crippen LogP contribution in [0.25, 0.3) is 0 Å². The van der Waals surface area contributed by atoms with Gasteiger partial charge in [-0.15, -0.1) is 0 Å². The SMILES string of the molecule is C[C@@H]1O[C@H](Oc2cc(O)c3c(c2)O[C@H](c2cc(O)c(O)c(O)c2)CC3=O)[C@@H](O)[C@H](O)[C@H]1O. The molecule has 32 heavy (non-hydrogen) atoms. The molecule has 11 heteroatoms. The predicted molar refractivity (Wildman–Crippen MR) is 105 cm³/mol. The summed E-state index contributed by atoms with van der Waals surface area (Å²) in [6.45, 7) is 1.48. The molecule has 4 rings (SSSR count). The Morgan fingerprint density at radius 3 is 2.22 bits per heavy atom. The Morgan fingerprint density at radius 1 is 0.906 bits per heavy atom. The Kier molecular flexibility index (Phi) is 5.51. The van der Waals surface area contributed by atoms with Crippen molar-refractivity contribution in [3.05, 3.63) is 35.4 Å². The minimum atomic E-state index is -1.59. The summed E-state index contributed by atoms with van der Waals surface area (Å²) in [4.78, 5) is 12.6. The molecular formula is C21H22O11. The summed E-state index contributed by atoms with van der Waals surface area (Å²) < 4.78 is 16.7. The first-order valence-corrected chi connectivity index (χ1v) is 9.74. The van der Waals surface area contributed by atoms with Gasteiger partial charge >= 0.3 is 0 Å². The number of rotatable bonds is 3. The first-order chi connectivity index (χ1) is 15.1. The van der Waals surface area contributed by atoms with Crippen molar-refractivity contribution in [3.8, 4) is 34.5 Å². The van der Waals surface area contributed by atoms with Crippen LogP contribution < -0.4 is 9.47 Å². The van der Waals surface area contributed by atoms with Gasteiger partial charge in [0, 0.05) is 17.7 Å². The summed E-state index contributed by atoms with van der Waals surface area (Å²) in [6, 6.07) is 4.67. The number of carbonyl (C=O) groups is 1. The molecule has 7 N–H and O–H groups in total. The van der Waals surface area contributed by atoms with Crippen LogP contribution in [0, 0.1) is 0 Å². The van der Waals surface area contributed by atoms with Crippen LogP contribution in [-0.4, -0.2) is 72.2 Å². The average molecular weight is 450 g/mol. The number of fused-ring (bicyclic) bond motifs is 1. The summed E-state index contributed by atoms with van der Waals surface area (Å²) in [7, 11) is 0. The van der Waals surface area contributed by atoms with Gasteiger partial charge in [-0.2, -0.15) is 0 Å². The van der Waals surface area contributed by atoms with Crippen molar-refractivity contribution >= 4 is 5.78 Å². The zero-order chi connectivity index (χ0) is 23.3. The summed E-state index contributed by atoms with van der Waals surface area (Å²) >= 11 is 0. The first-order valence-electron chi connectivity index (χ1n) is 9.74. The predicted octanol–water partition coefficient (Wildman–Crippen LogP) is 0.422. The summed E-state index contributed by atoms with van der Waals surface area (Å²) in [5.41, 5.74) is 0.106. The molecule has 0 saturated carbocycles. The highest BCUT2D eigenvalue weighted by molar-refractivity contribution is 6.02. The molecule has 2 aliphatic rings. The lowest BCUT2D eigenvalue weighted by Gasteiger charge is -2.39. The molecule has 0 amide bonds. The van der Waals surface area contributed by atoms with E-state index in [0.29, 0.717) is 0 Å². The Morgan fingerprint density at radius 2 is 1.56 bits per heavy atom. The molecule has 0 bridgehead atoms. The third-order valence-electron chi connectivity index (χ3n) is 5.50. The fourth-order valence-corrected chi connectivity index (χ4v) is 3.72. The van der Waals surface area contributed by atoms with E-state index in [-0.39, 0.29) is 29.0 Å². The van der Waals surface area contributed by atoms with Gasteiger partial charge in [0.25, 0.3) is 0 Å². The van der Waals surface area contributed by atoms with E-state index in [0.717, 1.165) is 18.2 Å². The number of aliphatic hydroxyl groups is 3. The van der Waals surface area contributed by atoms with Crippen LogP contribution in [0.5, 0.6) is 34.5 Å². The monoisotopic (exact) mass is 450 g/mol. The fraction of sp³-hybridized carbons (Fsp3) is 0.381. The Bertz CT molecular complexity index is 1030. The Hall–Kier alpha value is -3.25. The first kappa shape index (κ1) is 22.0. The fourth-order valence-electron chi connectivity index (χ4n) is 3.72. The molecule has 2 heterocycles. The number of Topliss-reactive ketones (excluding diaryl/α,β-unsaturated/α-hetero) is 1. The molecule has 0 aliphatic carbocycles. The number of ketones is 1. The maximum atomic E-state index is 12.6. The van der Waals surface area contributed by atoms with Crippen molar-refractivity contribution in [2.24, 2.45) is 0 Å². The van der Waals surface area contributed by atoms with E-state index >= 15 is 0 Å². The van der Waals surface area contributed by atoms with Crippen LogP contribution in [0.2, 0.25) is 0 Å². The summed E-state index contributed by atoms with van der Waals surface area (Å²) in [5.74, 6) is -2.94. The molecule has 0 radical (unpaired) electrons. The van der Waals surface area contributed by atoms with Gasteiger partial charge < -0.3 is 50.0 Å². The minimum absolute atomic E-state index is 0.0501. The molecule has 0 spiro atoms. The smallest absolute Gasteiger partial charge is 0.229 e. The van der Waals surface area contributed by atoms with Crippen molar-refractivity contribution in [1.82, 2.24) is 0 Å². The van der Waals surface area contributed by atoms with E-state index < -0.39 is 65.6 Å². The maximum absolute atomic E-state index is 12.6. The second-order valence-corrected chi connectivity index (χ2v) is 7.76. The maximum Gasteiger partial charge on any atom is 0.229 e. The number of benzene rings is 2. The van der Waals surface area contributed by atoms with E-state index in [9.17, 15) is 40.5 Å². The van der Waals surface area contributed by atoms with Crippen LogP contribution in [0.4, 0.5) is 0 Å². The van der Waals surface area contributed by atoms with Crippen molar-refractivity contribution < 1.29 is 54.8 Å². The number of phenols is 4. The molecule has 172 valence electrons. The number of aliphatic hydroxyl groups excluding tert-OH is 3. The third-order valence-corrected chi connectivity index (χ3v) is 5.50. The van der Waals surface area contributed by atoms with Crippen molar-refractivity contribution in [2.75, 3.05) is 0 Å². The summed E-state index contributed by atoms with van der Waals surface area (Å²) in [5, 5.41) is 69.2.